The molecule has 2 heterocycles. The molecule has 2 aromatic carbocycles. The minimum Gasteiger partial charge on any atom is -0.399 e. The summed E-state index contributed by atoms with van der Waals surface area (Å²) in [6.07, 6.45) is 0.386. The van der Waals surface area contributed by atoms with E-state index in [9.17, 15) is 18.8 Å². The number of rotatable bonds is 7. The number of benzene rings is 2. The summed E-state index contributed by atoms with van der Waals surface area (Å²) < 4.78 is 15.7. The highest BCUT2D eigenvalue weighted by molar-refractivity contribution is 6.06. The van der Waals surface area contributed by atoms with Gasteiger partial charge in [-0.25, -0.2) is 4.39 Å². The Kier molecular flexibility index (Phi) is 7.20. The summed E-state index contributed by atoms with van der Waals surface area (Å²) in [6, 6.07) is 10.5. The van der Waals surface area contributed by atoms with Crippen molar-refractivity contribution in [2.24, 2.45) is 11.3 Å². The van der Waals surface area contributed by atoms with E-state index in [0.29, 0.717) is 42.6 Å². The molecule has 2 atom stereocenters. The van der Waals surface area contributed by atoms with Crippen molar-refractivity contribution in [3.05, 3.63) is 59.5 Å². The molecule has 1 aromatic heterocycles. The topological polar surface area (TPSA) is 122 Å². The average molecular weight is 509 g/mol. The molecule has 37 heavy (non-hydrogen) atoms. The number of hydrogen-bond donors (Lipinski definition) is 3. The Hall–Kier alpha value is -3.95. The van der Waals surface area contributed by atoms with Crippen LogP contribution in [0.15, 0.2) is 42.5 Å². The average Bonchev–Trinajstić information content (AvgIpc) is 3.35. The van der Waals surface area contributed by atoms with Gasteiger partial charge in [0, 0.05) is 43.5 Å². The highest BCUT2D eigenvalue weighted by Crippen LogP contribution is 2.24. The molecule has 1 aliphatic heterocycles. The van der Waals surface area contributed by atoms with Crippen molar-refractivity contribution in [2.75, 3.05) is 25.9 Å². The first-order chi connectivity index (χ1) is 17.4. The predicted molar refractivity (Wildman–Crippen MR) is 139 cm³/mol. The van der Waals surface area contributed by atoms with E-state index in [1.165, 1.54) is 18.2 Å². The fraction of sp³-hybridized carbons (Fsp3) is 0.407. The molecule has 1 aliphatic rings. The van der Waals surface area contributed by atoms with Gasteiger partial charge in [-0.3, -0.25) is 19.1 Å². The van der Waals surface area contributed by atoms with E-state index in [1.54, 1.807) is 28.8 Å². The number of aromatic nitrogens is 2. The Morgan fingerprint density at radius 2 is 1.89 bits per heavy atom. The molecule has 0 radical (unpaired) electrons. The van der Waals surface area contributed by atoms with Gasteiger partial charge < -0.3 is 21.3 Å². The van der Waals surface area contributed by atoms with Gasteiger partial charge in [-0.15, -0.1) is 0 Å². The van der Waals surface area contributed by atoms with Crippen LogP contribution in [0.1, 0.15) is 43.2 Å². The van der Waals surface area contributed by atoms with Crippen molar-refractivity contribution in [1.29, 1.82) is 0 Å². The third kappa shape index (κ3) is 5.90. The molecule has 1 saturated heterocycles. The minimum absolute atomic E-state index is 0.0284. The molecule has 3 amide bonds. The van der Waals surface area contributed by atoms with Crippen LogP contribution in [0.5, 0.6) is 0 Å². The number of fused-ring (bicyclic) bond motifs is 1. The van der Waals surface area contributed by atoms with Crippen molar-refractivity contribution in [1.82, 2.24) is 25.3 Å². The lowest BCUT2D eigenvalue weighted by molar-refractivity contribution is -0.127. The van der Waals surface area contributed by atoms with Crippen molar-refractivity contribution < 1.29 is 18.8 Å². The van der Waals surface area contributed by atoms with Crippen LogP contribution in [0.25, 0.3) is 10.9 Å². The van der Waals surface area contributed by atoms with Gasteiger partial charge in [0.25, 0.3) is 5.91 Å². The van der Waals surface area contributed by atoms with Crippen LogP contribution >= 0.6 is 0 Å². The molecular weight excluding hydrogens is 475 g/mol. The molecule has 9 nitrogen and oxygen atoms in total. The Bertz CT molecular complexity index is 1330. The van der Waals surface area contributed by atoms with Gasteiger partial charge in [0.2, 0.25) is 11.8 Å². The van der Waals surface area contributed by atoms with E-state index < -0.39 is 23.2 Å². The molecule has 3 aromatic rings. The number of amides is 3. The molecule has 0 saturated carbocycles. The SMILES string of the molecule is CN1C[C@H](CNC(=O)C(NC(=O)c2nn(Cc3ccc(N)cc3)c3cc(F)ccc23)C(C)(C)C)CC1=O. The Morgan fingerprint density at radius 3 is 2.51 bits per heavy atom. The standard InChI is InChI=1S/C27H33FN6O3/c1-27(2,3)24(26(37)30-13-17-11-22(35)33(4)14-17)31-25(36)23-20-10-7-18(28)12-21(20)34(32-23)15-16-5-8-19(29)9-6-16/h5-10,12,17,24H,11,13-15,29H2,1-4H3,(H,30,37)(H,31,36)/t17-,24?/m0/s1. The largest absolute Gasteiger partial charge is 0.399 e. The third-order valence-corrected chi connectivity index (χ3v) is 6.63. The van der Waals surface area contributed by atoms with E-state index >= 15 is 0 Å². The number of carbonyl (C=O) groups is 3. The van der Waals surface area contributed by atoms with Gasteiger partial charge in [-0.2, -0.15) is 5.10 Å². The van der Waals surface area contributed by atoms with Crippen LogP contribution in [0.2, 0.25) is 0 Å². The van der Waals surface area contributed by atoms with Crippen LogP contribution in [-0.2, 0) is 16.1 Å². The van der Waals surface area contributed by atoms with Crippen LogP contribution < -0.4 is 16.4 Å². The lowest BCUT2D eigenvalue weighted by atomic mass is 9.86. The molecule has 0 aliphatic carbocycles. The lowest BCUT2D eigenvalue weighted by Crippen LogP contribution is -2.54. The zero-order valence-electron chi connectivity index (χ0n) is 21.5. The summed E-state index contributed by atoms with van der Waals surface area (Å²) in [5.74, 6) is -1.22. The maximum absolute atomic E-state index is 14.1. The number of likely N-dealkylation sites (tertiary alicyclic amines) is 1. The number of nitrogens with two attached hydrogens (primary N) is 1. The maximum Gasteiger partial charge on any atom is 0.273 e. The number of nitrogens with one attached hydrogen (secondary N) is 2. The van der Waals surface area contributed by atoms with E-state index in [-0.39, 0.29) is 23.4 Å². The van der Waals surface area contributed by atoms with Gasteiger partial charge in [0.1, 0.15) is 11.9 Å². The molecule has 10 heteroatoms. The summed E-state index contributed by atoms with van der Waals surface area (Å²) in [5.41, 5.74) is 7.26. The van der Waals surface area contributed by atoms with E-state index in [2.05, 4.69) is 15.7 Å². The fourth-order valence-corrected chi connectivity index (χ4v) is 4.55. The third-order valence-electron chi connectivity index (χ3n) is 6.63. The number of halogens is 1. The Morgan fingerprint density at radius 1 is 1.19 bits per heavy atom. The molecule has 1 unspecified atom stereocenters. The van der Waals surface area contributed by atoms with E-state index in [0.717, 1.165) is 5.56 Å². The predicted octanol–water partition coefficient (Wildman–Crippen LogP) is 2.54. The van der Waals surface area contributed by atoms with Gasteiger partial charge >= 0.3 is 0 Å². The molecule has 0 spiro atoms. The molecule has 196 valence electrons. The van der Waals surface area contributed by atoms with E-state index in [4.69, 9.17) is 5.73 Å². The highest BCUT2D eigenvalue weighted by Gasteiger charge is 2.35. The normalized spacial score (nSPS) is 16.7. The first kappa shape index (κ1) is 26.1. The number of nitrogens with zero attached hydrogens (tertiary/aromatic N) is 3. The van der Waals surface area contributed by atoms with Gasteiger partial charge in [0.15, 0.2) is 5.69 Å². The fourth-order valence-electron chi connectivity index (χ4n) is 4.55. The van der Waals surface area contributed by atoms with E-state index in [1.807, 2.05) is 32.9 Å². The molecule has 4 N–H and O–H groups in total. The molecular formula is C27H33FN6O3. The second-order valence-electron chi connectivity index (χ2n) is 10.8. The minimum atomic E-state index is -0.854. The van der Waals surface area contributed by atoms with Gasteiger partial charge in [-0.05, 0) is 41.3 Å². The van der Waals surface area contributed by atoms with Crippen molar-refractivity contribution in [2.45, 2.75) is 39.8 Å². The van der Waals surface area contributed by atoms with Gasteiger partial charge in [0.05, 0.1) is 12.1 Å². The first-order valence-corrected chi connectivity index (χ1v) is 12.3. The zero-order chi connectivity index (χ0) is 26.9. The molecule has 4 rings (SSSR count). The lowest BCUT2D eigenvalue weighted by Gasteiger charge is -2.30. The monoisotopic (exact) mass is 508 g/mol. The van der Waals surface area contributed by atoms with Crippen molar-refractivity contribution in [3.8, 4) is 0 Å². The van der Waals surface area contributed by atoms with Crippen LogP contribution in [0.4, 0.5) is 10.1 Å². The number of nitrogen functional groups attached to an aromatic ring is 1. The number of carbonyl (C=O) groups excluding carboxylic acids is 3. The van der Waals surface area contributed by atoms with Crippen molar-refractivity contribution in [3.63, 3.8) is 0 Å². The first-order valence-electron chi connectivity index (χ1n) is 12.3. The molecule has 0 bridgehead atoms. The van der Waals surface area contributed by atoms with Crippen LogP contribution in [0, 0.1) is 17.2 Å². The molecule has 1 fully saturated rings. The smallest absolute Gasteiger partial charge is 0.273 e. The second-order valence-corrected chi connectivity index (χ2v) is 10.8. The summed E-state index contributed by atoms with van der Waals surface area (Å²) >= 11 is 0. The maximum atomic E-state index is 14.1. The van der Waals surface area contributed by atoms with Crippen molar-refractivity contribution >= 4 is 34.3 Å². The van der Waals surface area contributed by atoms with Crippen LogP contribution in [0.3, 0.4) is 0 Å². The summed E-state index contributed by atoms with van der Waals surface area (Å²) in [5, 5.41) is 10.7. The Balaban J connectivity index is 1.56. The second kappa shape index (κ2) is 10.2. The number of anilines is 1. The number of hydrogen-bond acceptors (Lipinski definition) is 5. The van der Waals surface area contributed by atoms with Crippen LogP contribution in [-0.4, -0.2) is 58.6 Å². The quantitative estimate of drug-likeness (QED) is 0.424. The Labute approximate surface area is 215 Å². The summed E-state index contributed by atoms with van der Waals surface area (Å²) in [4.78, 5) is 40.0. The van der Waals surface area contributed by atoms with Gasteiger partial charge in [-0.1, -0.05) is 32.9 Å². The zero-order valence-corrected chi connectivity index (χ0v) is 21.5. The highest BCUT2D eigenvalue weighted by atomic mass is 19.1. The summed E-state index contributed by atoms with van der Waals surface area (Å²) in [6.45, 7) is 6.81. The summed E-state index contributed by atoms with van der Waals surface area (Å²) in [7, 11) is 1.74.